The molecule has 0 amide bonds. The SMILES string of the molecule is COc1cc([C@H]2NC(=S)NC(c3ccccc3)=C2C(=O)c2ccccc2)ccc1OCc1ccccc1. The maximum Gasteiger partial charge on any atom is 0.193 e. The van der Waals surface area contributed by atoms with Crippen LogP contribution < -0.4 is 20.1 Å². The Kier molecular flexibility index (Phi) is 7.28. The molecule has 0 radical (unpaired) electrons. The van der Waals surface area contributed by atoms with E-state index >= 15 is 0 Å². The summed E-state index contributed by atoms with van der Waals surface area (Å²) in [6, 6.07) is 34.2. The third kappa shape index (κ3) is 5.39. The Morgan fingerprint density at radius 1 is 0.838 bits per heavy atom. The van der Waals surface area contributed by atoms with Crippen molar-refractivity contribution in [3.8, 4) is 11.5 Å². The van der Waals surface area contributed by atoms with Gasteiger partial charge in [0.1, 0.15) is 6.61 Å². The lowest BCUT2D eigenvalue weighted by molar-refractivity contribution is 0.102. The Morgan fingerprint density at radius 2 is 1.49 bits per heavy atom. The van der Waals surface area contributed by atoms with E-state index in [-0.39, 0.29) is 5.78 Å². The lowest BCUT2D eigenvalue weighted by Crippen LogP contribution is -2.44. The fraction of sp³-hybridized carbons (Fsp3) is 0.0968. The van der Waals surface area contributed by atoms with Crippen molar-refractivity contribution in [1.82, 2.24) is 10.6 Å². The molecule has 4 aromatic rings. The number of thiocarbonyl (C=S) groups is 1. The van der Waals surface area contributed by atoms with Crippen molar-refractivity contribution in [2.75, 3.05) is 7.11 Å². The maximum atomic E-state index is 13.9. The summed E-state index contributed by atoms with van der Waals surface area (Å²) in [6.45, 7) is 0.419. The highest BCUT2D eigenvalue weighted by Crippen LogP contribution is 2.37. The normalized spacial score (nSPS) is 14.9. The van der Waals surface area contributed by atoms with E-state index in [1.165, 1.54) is 0 Å². The van der Waals surface area contributed by atoms with E-state index in [1.54, 1.807) is 7.11 Å². The number of carbonyl (C=O) groups is 1. The van der Waals surface area contributed by atoms with Crippen LogP contribution in [0.25, 0.3) is 5.70 Å². The molecule has 0 aromatic heterocycles. The molecule has 6 heteroatoms. The molecule has 1 heterocycles. The molecular weight excluding hydrogens is 480 g/mol. The van der Waals surface area contributed by atoms with Gasteiger partial charge < -0.3 is 20.1 Å². The summed E-state index contributed by atoms with van der Waals surface area (Å²) in [5.74, 6) is 1.11. The van der Waals surface area contributed by atoms with Gasteiger partial charge in [-0.1, -0.05) is 97.1 Å². The highest BCUT2D eigenvalue weighted by Gasteiger charge is 2.33. The van der Waals surface area contributed by atoms with Gasteiger partial charge in [-0.15, -0.1) is 0 Å². The van der Waals surface area contributed by atoms with Crippen LogP contribution in [0.3, 0.4) is 0 Å². The van der Waals surface area contributed by atoms with Crippen LogP contribution >= 0.6 is 12.2 Å². The molecule has 0 saturated carbocycles. The molecule has 1 atom stereocenters. The van der Waals surface area contributed by atoms with E-state index in [0.29, 0.717) is 40.1 Å². The van der Waals surface area contributed by atoms with Crippen molar-refractivity contribution in [2.24, 2.45) is 0 Å². The zero-order chi connectivity index (χ0) is 25.6. The van der Waals surface area contributed by atoms with E-state index in [2.05, 4.69) is 10.6 Å². The largest absolute Gasteiger partial charge is 0.493 e. The minimum atomic E-state index is -0.492. The van der Waals surface area contributed by atoms with Gasteiger partial charge in [0.15, 0.2) is 22.4 Å². The van der Waals surface area contributed by atoms with Crippen LogP contribution in [0.15, 0.2) is 115 Å². The lowest BCUT2D eigenvalue weighted by atomic mass is 9.87. The Hall–Kier alpha value is -4.42. The van der Waals surface area contributed by atoms with Crippen LogP contribution in [0.1, 0.15) is 33.1 Å². The standard InChI is InChI=1S/C31H26N2O3S/c1-35-26-19-24(17-18-25(26)36-20-21-11-5-2-6-12-21)29-27(30(34)23-15-9-4-10-16-23)28(32-31(37)33-29)22-13-7-3-8-14-22/h2-19,29H,20H2,1H3,(H2,32,33,37)/t29-/m1/s1. The molecule has 0 saturated heterocycles. The molecule has 5 nitrogen and oxygen atoms in total. The first-order valence-corrected chi connectivity index (χ1v) is 12.4. The Balaban J connectivity index is 1.56. The number of rotatable bonds is 8. The number of Topliss-reactive ketones (excluding diaryl/α,β-unsaturated/α-hetero) is 1. The molecule has 0 aliphatic carbocycles. The van der Waals surface area contributed by atoms with E-state index < -0.39 is 6.04 Å². The molecule has 0 spiro atoms. The second kappa shape index (κ2) is 11.1. The molecule has 0 fully saturated rings. The van der Waals surface area contributed by atoms with Gasteiger partial charge >= 0.3 is 0 Å². The summed E-state index contributed by atoms with van der Waals surface area (Å²) < 4.78 is 11.7. The average molecular weight is 507 g/mol. The topological polar surface area (TPSA) is 59.6 Å². The van der Waals surface area contributed by atoms with Crippen molar-refractivity contribution >= 4 is 28.8 Å². The predicted molar refractivity (Wildman–Crippen MR) is 150 cm³/mol. The summed E-state index contributed by atoms with van der Waals surface area (Å²) in [7, 11) is 1.61. The van der Waals surface area contributed by atoms with Crippen molar-refractivity contribution in [3.63, 3.8) is 0 Å². The predicted octanol–water partition coefficient (Wildman–Crippen LogP) is 6.09. The monoisotopic (exact) mass is 506 g/mol. The van der Waals surface area contributed by atoms with E-state index in [0.717, 1.165) is 16.7 Å². The fourth-order valence-electron chi connectivity index (χ4n) is 4.35. The second-order valence-electron chi connectivity index (χ2n) is 8.57. The van der Waals surface area contributed by atoms with Crippen LogP contribution in [0.2, 0.25) is 0 Å². The number of carbonyl (C=O) groups excluding carboxylic acids is 1. The lowest BCUT2D eigenvalue weighted by Gasteiger charge is -2.32. The molecule has 37 heavy (non-hydrogen) atoms. The minimum Gasteiger partial charge on any atom is -0.493 e. The average Bonchev–Trinajstić information content (AvgIpc) is 2.96. The summed E-state index contributed by atoms with van der Waals surface area (Å²) in [5, 5.41) is 6.98. The van der Waals surface area contributed by atoms with Gasteiger partial charge in [0.05, 0.1) is 24.4 Å². The number of ketones is 1. The summed E-state index contributed by atoms with van der Waals surface area (Å²) in [5.41, 5.74) is 4.63. The molecule has 1 aliphatic heterocycles. The van der Waals surface area contributed by atoms with Gasteiger partial charge in [-0.2, -0.15) is 0 Å². The van der Waals surface area contributed by atoms with Crippen molar-refractivity contribution in [1.29, 1.82) is 0 Å². The first-order valence-electron chi connectivity index (χ1n) is 12.0. The molecular formula is C31H26N2O3S. The smallest absolute Gasteiger partial charge is 0.193 e. The fourth-order valence-corrected chi connectivity index (χ4v) is 4.57. The van der Waals surface area contributed by atoms with Crippen LogP contribution in [0, 0.1) is 0 Å². The number of methoxy groups -OCH3 is 1. The van der Waals surface area contributed by atoms with Crippen molar-refractivity contribution in [2.45, 2.75) is 12.6 Å². The van der Waals surface area contributed by atoms with Crippen molar-refractivity contribution in [3.05, 3.63) is 137 Å². The molecule has 4 aromatic carbocycles. The third-order valence-corrected chi connectivity index (χ3v) is 6.39. The second-order valence-corrected chi connectivity index (χ2v) is 8.97. The number of nitrogens with one attached hydrogen (secondary N) is 2. The first-order chi connectivity index (χ1) is 18.1. The van der Waals surface area contributed by atoms with Gasteiger partial charge in [0, 0.05) is 5.56 Å². The quantitative estimate of drug-likeness (QED) is 0.223. The summed E-state index contributed by atoms with van der Waals surface area (Å²) >= 11 is 5.58. The van der Waals surface area contributed by atoms with Gasteiger partial charge in [-0.3, -0.25) is 4.79 Å². The molecule has 1 aliphatic rings. The van der Waals surface area contributed by atoms with Gasteiger partial charge in [0.2, 0.25) is 0 Å². The summed E-state index contributed by atoms with van der Waals surface area (Å²) in [4.78, 5) is 13.9. The number of hydrogen-bond donors (Lipinski definition) is 2. The number of benzene rings is 4. The maximum absolute atomic E-state index is 13.9. The van der Waals surface area contributed by atoms with Crippen LogP contribution in [-0.2, 0) is 6.61 Å². The van der Waals surface area contributed by atoms with E-state index in [1.807, 2.05) is 109 Å². The van der Waals surface area contributed by atoms with Crippen LogP contribution in [-0.4, -0.2) is 18.0 Å². The van der Waals surface area contributed by atoms with Crippen molar-refractivity contribution < 1.29 is 14.3 Å². The Labute approximate surface area is 221 Å². The third-order valence-electron chi connectivity index (χ3n) is 6.17. The van der Waals surface area contributed by atoms with E-state index in [4.69, 9.17) is 21.7 Å². The van der Waals surface area contributed by atoms with Gasteiger partial charge in [0.25, 0.3) is 0 Å². The Morgan fingerprint density at radius 3 is 2.16 bits per heavy atom. The molecule has 2 N–H and O–H groups in total. The molecule has 184 valence electrons. The minimum absolute atomic E-state index is 0.0877. The zero-order valence-corrected chi connectivity index (χ0v) is 21.1. The van der Waals surface area contributed by atoms with Gasteiger partial charge in [-0.05, 0) is 41.0 Å². The highest BCUT2D eigenvalue weighted by atomic mass is 32.1. The number of ether oxygens (including phenoxy) is 2. The molecule has 5 rings (SSSR count). The van der Waals surface area contributed by atoms with E-state index in [9.17, 15) is 4.79 Å². The number of hydrogen-bond acceptors (Lipinski definition) is 4. The first kappa shape index (κ1) is 24.3. The van der Waals surface area contributed by atoms with Crippen LogP contribution in [0.4, 0.5) is 0 Å². The summed E-state index contributed by atoms with van der Waals surface area (Å²) in [6.07, 6.45) is 0. The zero-order valence-electron chi connectivity index (χ0n) is 20.3. The Bertz CT molecular complexity index is 1440. The highest BCUT2D eigenvalue weighted by molar-refractivity contribution is 7.80. The molecule has 0 bridgehead atoms. The van der Waals surface area contributed by atoms with Gasteiger partial charge in [-0.25, -0.2) is 0 Å². The molecule has 0 unspecified atom stereocenters. The van der Waals surface area contributed by atoms with Crippen LogP contribution in [0.5, 0.6) is 11.5 Å².